The van der Waals surface area contributed by atoms with Crippen molar-refractivity contribution in [1.82, 2.24) is 14.5 Å². The minimum Gasteiger partial charge on any atom is -0.337 e. The quantitative estimate of drug-likeness (QED) is 0.484. The summed E-state index contributed by atoms with van der Waals surface area (Å²) in [5.74, 6) is 0.445. The first kappa shape index (κ1) is 19.1. The van der Waals surface area contributed by atoms with Gasteiger partial charge in [0.2, 0.25) is 0 Å². The Morgan fingerprint density at radius 3 is 2.86 bits per heavy atom. The number of rotatable bonds is 4. The van der Waals surface area contributed by atoms with Crippen LogP contribution < -0.4 is 5.56 Å². The molecule has 2 aromatic carbocycles. The fourth-order valence-corrected chi connectivity index (χ4v) is 3.74. The average Bonchev–Trinajstić information content (AvgIpc) is 3.17. The van der Waals surface area contributed by atoms with Crippen molar-refractivity contribution in [1.29, 1.82) is 0 Å². The van der Waals surface area contributed by atoms with Gasteiger partial charge in [0.15, 0.2) is 0 Å². The van der Waals surface area contributed by atoms with Gasteiger partial charge in [0.25, 0.3) is 17.2 Å². The van der Waals surface area contributed by atoms with Crippen LogP contribution in [0.25, 0.3) is 10.9 Å². The van der Waals surface area contributed by atoms with E-state index in [2.05, 4.69) is 4.98 Å². The SMILES string of the molecule is CN(Cc1cc([N+](=O)[O-])ccc1Cl)C(=O)c1ccc2c(=O)n3c(nc2c1)CCC3. The van der Waals surface area contributed by atoms with E-state index in [1.807, 2.05) is 0 Å². The lowest BCUT2D eigenvalue weighted by molar-refractivity contribution is -0.384. The Labute approximate surface area is 170 Å². The molecule has 0 fully saturated rings. The number of nitro benzene ring substituents is 1. The van der Waals surface area contributed by atoms with E-state index in [0.717, 1.165) is 18.7 Å². The monoisotopic (exact) mass is 412 g/mol. The lowest BCUT2D eigenvalue weighted by Crippen LogP contribution is -2.27. The Morgan fingerprint density at radius 1 is 1.31 bits per heavy atom. The standard InChI is InChI=1S/C20H17ClN4O4/c1-23(11-13-9-14(25(28)29)5-7-16(13)21)19(26)12-4-6-15-17(10-12)22-18-3-2-8-24(18)20(15)27/h4-7,9-10H,2-3,8,11H2,1H3. The van der Waals surface area contributed by atoms with Crippen LogP contribution in [0.1, 0.15) is 28.2 Å². The molecule has 2 heterocycles. The number of carbonyl (C=O) groups excluding carboxylic acids is 1. The molecular weight excluding hydrogens is 396 g/mol. The van der Waals surface area contributed by atoms with Gasteiger partial charge in [-0.25, -0.2) is 4.98 Å². The van der Waals surface area contributed by atoms with E-state index >= 15 is 0 Å². The van der Waals surface area contributed by atoms with E-state index in [-0.39, 0.29) is 23.7 Å². The summed E-state index contributed by atoms with van der Waals surface area (Å²) in [6.07, 6.45) is 1.63. The lowest BCUT2D eigenvalue weighted by Gasteiger charge is -2.18. The van der Waals surface area contributed by atoms with Crippen molar-refractivity contribution in [3.8, 4) is 0 Å². The topological polar surface area (TPSA) is 98.3 Å². The number of hydrogen-bond acceptors (Lipinski definition) is 5. The third-order valence-corrected chi connectivity index (χ3v) is 5.43. The van der Waals surface area contributed by atoms with Crippen LogP contribution in [0.15, 0.2) is 41.2 Å². The zero-order valence-electron chi connectivity index (χ0n) is 15.6. The summed E-state index contributed by atoms with van der Waals surface area (Å²) >= 11 is 6.14. The molecule has 0 N–H and O–H groups in total. The first-order valence-corrected chi connectivity index (χ1v) is 9.44. The molecule has 1 aliphatic rings. The van der Waals surface area contributed by atoms with E-state index in [0.29, 0.717) is 33.6 Å². The molecule has 0 atom stereocenters. The molecule has 0 saturated carbocycles. The minimum absolute atomic E-state index is 0.0850. The van der Waals surface area contributed by atoms with Crippen molar-refractivity contribution in [2.75, 3.05) is 7.05 Å². The van der Waals surface area contributed by atoms with Crippen LogP contribution in [0, 0.1) is 10.1 Å². The molecule has 0 spiro atoms. The Morgan fingerprint density at radius 2 is 2.10 bits per heavy atom. The molecule has 0 radical (unpaired) electrons. The molecule has 148 valence electrons. The summed E-state index contributed by atoms with van der Waals surface area (Å²) in [6.45, 7) is 0.780. The van der Waals surface area contributed by atoms with Crippen LogP contribution in [0.2, 0.25) is 5.02 Å². The Bertz CT molecular complexity index is 1220. The van der Waals surface area contributed by atoms with Gasteiger partial charge in [-0.1, -0.05) is 11.6 Å². The first-order valence-electron chi connectivity index (χ1n) is 9.07. The van der Waals surface area contributed by atoms with Crippen LogP contribution in [-0.4, -0.2) is 32.3 Å². The number of nitro groups is 1. The summed E-state index contributed by atoms with van der Waals surface area (Å²) in [6, 6.07) is 8.96. The summed E-state index contributed by atoms with van der Waals surface area (Å²) in [7, 11) is 1.59. The normalized spacial score (nSPS) is 12.8. The number of non-ortho nitro benzene ring substituents is 1. The highest BCUT2D eigenvalue weighted by Gasteiger charge is 2.19. The second-order valence-electron chi connectivity index (χ2n) is 7.01. The van der Waals surface area contributed by atoms with Crippen LogP contribution in [0.3, 0.4) is 0 Å². The highest BCUT2D eigenvalue weighted by Crippen LogP contribution is 2.24. The van der Waals surface area contributed by atoms with E-state index in [1.54, 1.807) is 29.8 Å². The van der Waals surface area contributed by atoms with Gasteiger partial charge in [0.05, 0.1) is 15.8 Å². The molecule has 1 aliphatic heterocycles. The number of carbonyl (C=O) groups is 1. The van der Waals surface area contributed by atoms with Crippen molar-refractivity contribution in [3.63, 3.8) is 0 Å². The van der Waals surface area contributed by atoms with Crippen molar-refractivity contribution in [3.05, 3.63) is 78.8 Å². The highest BCUT2D eigenvalue weighted by molar-refractivity contribution is 6.31. The fraction of sp³-hybridized carbons (Fsp3) is 0.250. The van der Waals surface area contributed by atoms with Crippen molar-refractivity contribution < 1.29 is 9.72 Å². The van der Waals surface area contributed by atoms with E-state index in [1.165, 1.54) is 23.1 Å². The largest absolute Gasteiger partial charge is 0.337 e. The number of hydrogen-bond donors (Lipinski definition) is 0. The second-order valence-corrected chi connectivity index (χ2v) is 7.42. The summed E-state index contributed by atoms with van der Waals surface area (Å²) < 4.78 is 1.68. The predicted octanol–water partition coefficient (Wildman–Crippen LogP) is 3.18. The number of halogens is 1. The summed E-state index contributed by atoms with van der Waals surface area (Å²) in [4.78, 5) is 41.9. The zero-order valence-corrected chi connectivity index (χ0v) is 16.3. The van der Waals surface area contributed by atoms with Gasteiger partial charge < -0.3 is 4.90 Å². The molecule has 8 nitrogen and oxygen atoms in total. The number of benzene rings is 2. The predicted molar refractivity (Wildman–Crippen MR) is 108 cm³/mol. The molecule has 0 unspecified atom stereocenters. The number of amides is 1. The average molecular weight is 413 g/mol. The van der Waals surface area contributed by atoms with Crippen LogP contribution in [0.5, 0.6) is 0 Å². The number of aryl methyl sites for hydroxylation is 1. The minimum atomic E-state index is -0.506. The molecule has 29 heavy (non-hydrogen) atoms. The van der Waals surface area contributed by atoms with E-state index in [9.17, 15) is 19.7 Å². The molecule has 1 aromatic heterocycles. The molecular formula is C20H17ClN4O4. The molecule has 1 amide bonds. The molecule has 0 bridgehead atoms. The van der Waals surface area contributed by atoms with Gasteiger partial charge in [-0.2, -0.15) is 0 Å². The maximum Gasteiger partial charge on any atom is 0.269 e. The van der Waals surface area contributed by atoms with Gasteiger partial charge in [0, 0.05) is 49.3 Å². The van der Waals surface area contributed by atoms with Crippen molar-refractivity contribution in [2.45, 2.75) is 25.9 Å². The smallest absolute Gasteiger partial charge is 0.269 e. The summed E-state index contributed by atoms with van der Waals surface area (Å²) in [5.41, 5.74) is 1.19. The van der Waals surface area contributed by atoms with Gasteiger partial charge in [0.1, 0.15) is 5.82 Å². The number of nitrogens with zero attached hydrogens (tertiary/aromatic N) is 4. The maximum absolute atomic E-state index is 12.9. The van der Waals surface area contributed by atoms with Gasteiger partial charge >= 0.3 is 0 Å². The third kappa shape index (κ3) is 3.47. The highest BCUT2D eigenvalue weighted by atomic mass is 35.5. The van der Waals surface area contributed by atoms with E-state index < -0.39 is 4.92 Å². The molecule has 9 heteroatoms. The zero-order chi connectivity index (χ0) is 20.7. The van der Waals surface area contributed by atoms with Gasteiger partial charge in [-0.3, -0.25) is 24.3 Å². The fourth-order valence-electron chi connectivity index (χ4n) is 3.56. The first-order chi connectivity index (χ1) is 13.8. The molecule has 3 aromatic rings. The number of aromatic nitrogens is 2. The molecule has 0 saturated heterocycles. The Kier molecular flexibility index (Phi) is 4.79. The van der Waals surface area contributed by atoms with E-state index in [4.69, 9.17) is 11.6 Å². The van der Waals surface area contributed by atoms with Crippen molar-refractivity contribution in [2.24, 2.45) is 0 Å². The lowest BCUT2D eigenvalue weighted by atomic mass is 10.1. The van der Waals surface area contributed by atoms with Crippen LogP contribution >= 0.6 is 11.6 Å². The van der Waals surface area contributed by atoms with Crippen LogP contribution in [-0.2, 0) is 19.5 Å². The summed E-state index contributed by atoms with van der Waals surface area (Å²) in [5, 5.41) is 11.8. The third-order valence-electron chi connectivity index (χ3n) is 5.06. The van der Waals surface area contributed by atoms with Gasteiger partial charge in [-0.15, -0.1) is 0 Å². The molecule has 4 rings (SSSR count). The maximum atomic E-state index is 12.9. The number of fused-ring (bicyclic) bond motifs is 2. The van der Waals surface area contributed by atoms with Crippen molar-refractivity contribution >= 4 is 34.1 Å². The second kappa shape index (κ2) is 7.29. The Hall–Kier alpha value is -3.26. The molecule has 0 aliphatic carbocycles. The van der Waals surface area contributed by atoms with Crippen LogP contribution in [0.4, 0.5) is 5.69 Å². The van der Waals surface area contributed by atoms with Gasteiger partial charge in [-0.05, 0) is 36.2 Å². The Balaban J connectivity index is 1.63.